The van der Waals surface area contributed by atoms with Gasteiger partial charge in [-0.3, -0.25) is 19.4 Å². The van der Waals surface area contributed by atoms with Crippen molar-refractivity contribution in [3.05, 3.63) is 65.2 Å². The van der Waals surface area contributed by atoms with Gasteiger partial charge in [-0.1, -0.05) is 63.4 Å². The fourth-order valence-corrected chi connectivity index (χ4v) is 6.00. The van der Waals surface area contributed by atoms with Crippen molar-refractivity contribution in [2.75, 3.05) is 37.6 Å². The molecule has 0 saturated carbocycles. The summed E-state index contributed by atoms with van der Waals surface area (Å²) >= 11 is 0. The number of hydrogen-bond donors (Lipinski definition) is 1. The van der Waals surface area contributed by atoms with Gasteiger partial charge in [0.1, 0.15) is 0 Å². The van der Waals surface area contributed by atoms with Crippen LogP contribution in [0, 0.1) is 5.92 Å². The largest absolute Gasteiger partial charge is 0.349 e. The fraction of sp³-hybridized carbons (Fsp3) is 0.588. The zero-order valence-corrected chi connectivity index (χ0v) is 25.0. The maximum absolute atomic E-state index is 13.4. The second-order valence-electron chi connectivity index (χ2n) is 12.3. The number of benzene rings is 2. The molecular weight excluding hydrogens is 496 g/mol. The number of nitrogens with one attached hydrogen (secondary N) is 1. The van der Waals surface area contributed by atoms with Gasteiger partial charge in [0.05, 0.1) is 0 Å². The first-order valence-corrected chi connectivity index (χ1v) is 15.6. The molecule has 6 heteroatoms. The first kappa shape index (κ1) is 30.3. The monoisotopic (exact) mass is 546 g/mol. The van der Waals surface area contributed by atoms with Gasteiger partial charge in [-0.25, -0.2) is 0 Å². The van der Waals surface area contributed by atoms with Crippen molar-refractivity contribution in [3.8, 4) is 0 Å². The fourth-order valence-electron chi connectivity index (χ4n) is 6.00. The first-order chi connectivity index (χ1) is 19.4. The molecule has 0 aliphatic carbocycles. The molecule has 1 N–H and O–H groups in total. The number of carbonyl (C=O) groups excluding carboxylic acids is 2. The van der Waals surface area contributed by atoms with Gasteiger partial charge in [0.15, 0.2) is 0 Å². The molecule has 0 atom stereocenters. The number of hydrogen-bond acceptors (Lipinski definition) is 4. The third-order valence-electron chi connectivity index (χ3n) is 8.46. The third kappa shape index (κ3) is 9.17. The Hall–Kier alpha value is -2.70. The molecular formula is C34H50N4O2. The molecule has 0 bridgehead atoms. The molecule has 0 spiro atoms. The van der Waals surface area contributed by atoms with Crippen molar-refractivity contribution in [1.29, 1.82) is 0 Å². The van der Waals surface area contributed by atoms with Gasteiger partial charge in [-0.2, -0.15) is 0 Å². The van der Waals surface area contributed by atoms with Crippen LogP contribution in [0.2, 0.25) is 0 Å². The quantitative estimate of drug-likeness (QED) is 0.446. The Morgan fingerprint density at radius 2 is 1.57 bits per heavy atom. The highest BCUT2D eigenvalue weighted by Gasteiger charge is 2.23. The SMILES string of the molecule is CC(=O)N1CCCCCCCN(CCC(C)C)Cc2cc(C(=O)NC3CCN(Cc4ccccc4)CC3)ccc21. The average molecular weight is 547 g/mol. The molecule has 2 heterocycles. The number of nitrogens with zero attached hydrogens (tertiary/aromatic N) is 3. The van der Waals surface area contributed by atoms with Gasteiger partial charge in [0, 0.05) is 56.9 Å². The van der Waals surface area contributed by atoms with Crippen LogP contribution < -0.4 is 10.2 Å². The van der Waals surface area contributed by atoms with E-state index >= 15 is 0 Å². The zero-order valence-electron chi connectivity index (χ0n) is 25.0. The van der Waals surface area contributed by atoms with Crippen molar-refractivity contribution in [1.82, 2.24) is 15.1 Å². The molecule has 6 nitrogen and oxygen atoms in total. The van der Waals surface area contributed by atoms with E-state index in [-0.39, 0.29) is 17.9 Å². The standard InChI is InChI=1S/C34H50N4O2/c1-27(2)16-21-36-19-10-5-4-6-11-20-38(28(3)39)33-15-14-30(24-31(33)26-36)34(40)35-32-17-22-37(23-18-32)25-29-12-8-7-9-13-29/h7-9,12-15,24,27,32H,4-6,10-11,16-23,25-26H2,1-3H3,(H,35,40). The lowest BCUT2D eigenvalue weighted by Crippen LogP contribution is -2.44. The molecule has 1 saturated heterocycles. The second-order valence-corrected chi connectivity index (χ2v) is 12.3. The molecule has 1 fully saturated rings. The summed E-state index contributed by atoms with van der Waals surface area (Å²) in [5.74, 6) is 0.718. The van der Waals surface area contributed by atoms with Crippen molar-refractivity contribution in [2.45, 2.75) is 91.3 Å². The molecule has 0 unspecified atom stereocenters. The second kappa shape index (κ2) is 15.3. The molecule has 40 heavy (non-hydrogen) atoms. The highest BCUT2D eigenvalue weighted by Crippen LogP contribution is 2.27. The Morgan fingerprint density at radius 3 is 2.27 bits per heavy atom. The number of piperidine rings is 1. The highest BCUT2D eigenvalue weighted by molar-refractivity contribution is 5.97. The Kier molecular flexibility index (Phi) is 11.6. The number of rotatable bonds is 7. The Balaban J connectivity index is 1.46. The maximum Gasteiger partial charge on any atom is 0.251 e. The van der Waals surface area contributed by atoms with Crippen LogP contribution in [0.25, 0.3) is 0 Å². The van der Waals surface area contributed by atoms with E-state index in [0.29, 0.717) is 11.5 Å². The van der Waals surface area contributed by atoms with Crippen LogP contribution in [0.1, 0.15) is 93.6 Å². The molecule has 2 aliphatic rings. The molecule has 218 valence electrons. The summed E-state index contributed by atoms with van der Waals surface area (Å²) in [6.45, 7) is 12.8. The Labute approximate surface area is 242 Å². The first-order valence-electron chi connectivity index (χ1n) is 15.6. The summed E-state index contributed by atoms with van der Waals surface area (Å²) in [7, 11) is 0. The lowest BCUT2D eigenvalue weighted by molar-refractivity contribution is -0.116. The molecule has 0 radical (unpaired) electrons. The van der Waals surface area contributed by atoms with Gasteiger partial charge in [0.25, 0.3) is 5.91 Å². The summed E-state index contributed by atoms with van der Waals surface area (Å²) in [5, 5.41) is 3.32. The van der Waals surface area contributed by atoms with Crippen LogP contribution in [0.4, 0.5) is 5.69 Å². The summed E-state index contributed by atoms with van der Waals surface area (Å²) in [6.07, 6.45) is 8.90. The van der Waals surface area contributed by atoms with Crippen molar-refractivity contribution in [2.24, 2.45) is 5.92 Å². The zero-order chi connectivity index (χ0) is 28.3. The predicted octanol–water partition coefficient (Wildman–Crippen LogP) is 6.25. The third-order valence-corrected chi connectivity index (χ3v) is 8.46. The Bertz CT molecular complexity index is 1080. The van der Waals surface area contributed by atoms with Crippen LogP contribution in [0.5, 0.6) is 0 Å². The van der Waals surface area contributed by atoms with Crippen LogP contribution in [-0.2, 0) is 17.9 Å². The van der Waals surface area contributed by atoms with Gasteiger partial charge in [0.2, 0.25) is 5.91 Å². The van der Waals surface area contributed by atoms with Crippen LogP contribution in [0.3, 0.4) is 0 Å². The van der Waals surface area contributed by atoms with Gasteiger partial charge < -0.3 is 10.2 Å². The minimum absolute atomic E-state index is 0.00136. The molecule has 2 aliphatic heterocycles. The number of fused-ring (bicyclic) bond motifs is 1. The van der Waals surface area contributed by atoms with Gasteiger partial charge >= 0.3 is 0 Å². The Morgan fingerprint density at radius 1 is 0.875 bits per heavy atom. The molecule has 0 aromatic heterocycles. The van der Waals surface area contributed by atoms with E-state index in [9.17, 15) is 9.59 Å². The smallest absolute Gasteiger partial charge is 0.251 e. The molecule has 2 amide bonds. The summed E-state index contributed by atoms with van der Waals surface area (Å²) in [5.41, 5.74) is 4.09. The van der Waals surface area contributed by atoms with E-state index in [2.05, 4.69) is 65.4 Å². The number of carbonyl (C=O) groups is 2. The highest BCUT2D eigenvalue weighted by atomic mass is 16.2. The van der Waals surface area contributed by atoms with Crippen LogP contribution in [0.15, 0.2) is 48.5 Å². The van der Waals surface area contributed by atoms with Crippen molar-refractivity contribution in [3.63, 3.8) is 0 Å². The van der Waals surface area contributed by atoms with Crippen molar-refractivity contribution < 1.29 is 9.59 Å². The number of anilines is 1. The molecule has 2 aromatic rings. The minimum atomic E-state index is -0.00136. The summed E-state index contributed by atoms with van der Waals surface area (Å²) in [4.78, 5) is 33.1. The summed E-state index contributed by atoms with van der Waals surface area (Å²) in [6, 6.07) is 16.8. The van der Waals surface area contributed by atoms with E-state index in [0.717, 1.165) is 89.2 Å². The van der Waals surface area contributed by atoms with Gasteiger partial charge in [-0.15, -0.1) is 0 Å². The van der Waals surface area contributed by atoms with E-state index in [4.69, 9.17) is 0 Å². The van der Waals surface area contributed by atoms with E-state index in [1.807, 2.05) is 17.0 Å². The van der Waals surface area contributed by atoms with Crippen LogP contribution in [-0.4, -0.2) is 60.4 Å². The lowest BCUT2D eigenvalue weighted by Gasteiger charge is -2.32. The van der Waals surface area contributed by atoms with Crippen molar-refractivity contribution >= 4 is 17.5 Å². The van der Waals surface area contributed by atoms with E-state index < -0.39 is 0 Å². The van der Waals surface area contributed by atoms with E-state index in [1.54, 1.807) is 6.92 Å². The van der Waals surface area contributed by atoms with Crippen LogP contribution >= 0.6 is 0 Å². The summed E-state index contributed by atoms with van der Waals surface area (Å²) < 4.78 is 0. The minimum Gasteiger partial charge on any atom is -0.349 e. The average Bonchev–Trinajstić information content (AvgIpc) is 2.94. The number of amides is 2. The normalized spacial score (nSPS) is 18.6. The van der Waals surface area contributed by atoms with Gasteiger partial charge in [-0.05, 0) is 80.4 Å². The lowest BCUT2D eigenvalue weighted by atomic mass is 10.0. The van der Waals surface area contributed by atoms with E-state index in [1.165, 1.54) is 24.8 Å². The maximum atomic E-state index is 13.4. The predicted molar refractivity (Wildman–Crippen MR) is 164 cm³/mol. The topological polar surface area (TPSA) is 55.9 Å². The molecule has 4 rings (SSSR count). The number of likely N-dealkylation sites (tertiary alicyclic amines) is 1. The molecule has 2 aromatic carbocycles.